The van der Waals surface area contributed by atoms with E-state index in [1.807, 2.05) is 6.92 Å². The van der Waals surface area contributed by atoms with Crippen molar-refractivity contribution in [3.8, 4) is 5.75 Å². The fraction of sp³-hybridized carbons (Fsp3) is 0.632. The summed E-state index contributed by atoms with van der Waals surface area (Å²) < 4.78 is 69.9. The van der Waals surface area contributed by atoms with E-state index < -0.39 is 22.8 Å². The van der Waals surface area contributed by atoms with Gasteiger partial charge in [0.25, 0.3) is 0 Å². The van der Waals surface area contributed by atoms with Gasteiger partial charge in [0.1, 0.15) is 5.75 Å². The third kappa shape index (κ3) is 5.63. The third-order valence-electron chi connectivity index (χ3n) is 5.25. The molecule has 2 atom stereocenters. The predicted molar refractivity (Wildman–Crippen MR) is 101 cm³/mol. The van der Waals surface area contributed by atoms with Crippen LogP contribution in [-0.2, 0) is 14.8 Å². The first-order valence-electron chi connectivity index (χ1n) is 9.72. The van der Waals surface area contributed by atoms with Gasteiger partial charge in [-0.3, -0.25) is 4.79 Å². The largest absolute Gasteiger partial charge is 0.482 e. The topological polar surface area (TPSA) is 75.7 Å². The van der Waals surface area contributed by atoms with E-state index in [0.29, 0.717) is 19.5 Å². The lowest BCUT2D eigenvalue weighted by molar-refractivity contribution is -0.153. The summed E-state index contributed by atoms with van der Waals surface area (Å²) in [6.07, 6.45) is -0.433. The van der Waals surface area contributed by atoms with Gasteiger partial charge in [0.15, 0.2) is 6.61 Å². The number of anilines is 1. The summed E-state index contributed by atoms with van der Waals surface area (Å²) in [5, 5.41) is 2.55. The first-order valence-corrected chi connectivity index (χ1v) is 11.2. The normalized spacial score (nSPS) is 23.3. The number of hydrogen-bond donors (Lipinski definition) is 1. The Morgan fingerprint density at radius 1 is 1.21 bits per heavy atom. The molecule has 0 aromatic heterocycles. The molecule has 1 N–H and O–H groups in total. The highest BCUT2D eigenvalue weighted by Gasteiger charge is 2.39. The van der Waals surface area contributed by atoms with Gasteiger partial charge in [0, 0.05) is 19.0 Å². The van der Waals surface area contributed by atoms with Crippen molar-refractivity contribution in [3.63, 3.8) is 0 Å². The molecule has 0 bridgehead atoms. The van der Waals surface area contributed by atoms with Crippen LogP contribution in [0.3, 0.4) is 0 Å². The zero-order chi connectivity index (χ0) is 21.2. The molecule has 10 heteroatoms. The van der Waals surface area contributed by atoms with Crippen molar-refractivity contribution in [3.05, 3.63) is 18.2 Å². The molecule has 6 nitrogen and oxygen atoms in total. The number of nitrogens with zero attached hydrogens (tertiary/aromatic N) is 1. The number of benzene rings is 1. The maximum absolute atomic E-state index is 13.0. The van der Waals surface area contributed by atoms with Crippen molar-refractivity contribution in [1.82, 2.24) is 4.31 Å². The van der Waals surface area contributed by atoms with Crippen LogP contribution in [0.4, 0.5) is 18.9 Å². The van der Waals surface area contributed by atoms with Crippen LogP contribution in [0.1, 0.15) is 39.0 Å². The lowest BCUT2D eigenvalue weighted by atomic mass is 10.2. The molecular formula is C19H25F3N2O4S. The Morgan fingerprint density at radius 2 is 1.83 bits per heavy atom. The number of hydrogen-bond acceptors (Lipinski definition) is 4. The summed E-state index contributed by atoms with van der Waals surface area (Å²) in [7, 11) is -3.81. The van der Waals surface area contributed by atoms with Crippen LogP contribution in [0.15, 0.2) is 23.1 Å². The molecule has 0 radical (unpaired) electrons. The van der Waals surface area contributed by atoms with Crippen LogP contribution >= 0.6 is 0 Å². The SMILES string of the molecule is C[C@H]1C[C@@H]1C(=O)Nc1cc(S(=O)(=O)N2CCCCCC2)ccc1OCC(F)(F)F. The van der Waals surface area contributed by atoms with Crippen molar-refractivity contribution in [1.29, 1.82) is 0 Å². The fourth-order valence-corrected chi connectivity index (χ4v) is 4.94. The Morgan fingerprint density at radius 3 is 2.38 bits per heavy atom. The minimum absolute atomic E-state index is 0.0609. The second-order valence-corrected chi connectivity index (χ2v) is 9.63. The molecule has 1 aliphatic carbocycles. The number of amides is 1. The van der Waals surface area contributed by atoms with Crippen LogP contribution in [0.2, 0.25) is 0 Å². The third-order valence-corrected chi connectivity index (χ3v) is 7.14. The highest BCUT2D eigenvalue weighted by Crippen LogP contribution is 2.40. The highest BCUT2D eigenvalue weighted by atomic mass is 32.2. The average molecular weight is 434 g/mol. The maximum atomic E-state index is 13.0. The molecule has 3 rings (SSSR count). The lowest BCUT2D eigenvalue weighted by Crippen LogP contribution is -2.32. The van der Waals surface area contributed by atoms with Crippen molar-refractivity contribution < 1.29 is 31.1 Å². The van der Waals surface area contributed by atoms with E-state index in [2.05, 4.69) is 5.32 Å². The molecule has 2 fully saturated rings. The Kier molecular flexibility index (Phi) is 6.42. The van der Waals surface area contributed by atoms with E-state index in [0.717, 1.165) is 25.7 Å². The Hall–Kier alpha value is -1.81. The van der Waals surface area contributed by atoms with Gasteiger partial charge in [0.2, 0.25) is 15.9 Å². The second kappa shape index (κ2) is 8.51. The predicted octanol–water partition coefficient (Wildman–Crippen LogP) is 3.79. The molecule has 1 aromatic carbocycles. The van der Waals surface area contributed by atoms with E-state index in [4.69, 9.17) is 4.74 Å². The van der Waals surface area contributed by atoms with Gasteiger partial charge in [0.05, 0.1) is 10.6 Å². The molecule has 1 saturated heterocycles. The average Bonchev–Trinajstić information content (AvgIpc) is 3.42. The first kappa shape index (κ1) is 21.9. The molecule has 0 spiro atoms. The number of carbonyl (C=O) groups excluding carboxylic acids is 1. The molecule has 1 amide bonds. The number of sulfonamides is 1. The quantitative estimate of drug-likeness (QED) is 0.739. The zero-order valence-electron chi connectivity index (χ0n) is 16.2. The Bertz CT molecular complexity index is 850. The summed E-state index contributed by atoms with van der Waals surface area (Å²) in [5.41, 5.74) is -0.0609. The standard InChI is InChI=1S/C19H25F3N2O4S/c1-13-10-15(13)18(25)23-16-11-14(6-7-17(16)28-12-19(20,21)22)29(26,27)24-8-4-2-3-5-9-24/h6-7,11,13,15H,2-5,8-10,12H2,1H3,(H,23,25)/t13-,15-/m0/s1. The number of nitrogens with one attached hydrogen (secondary N) is 1. The summed E-state index contributed by atoms with van der Waals surface area (Å²) >= 11 is 0. The zero-order valence-corrected chi connectivity index (χ0v) is 17.0. The summed E-state index contributed by atoms with van der Waals surface area (Å²) in [6, 6.07) is 3.58. The van der Waals surface area contributed by atoms with Gasteiger partial charge < -0.3 is 10.1 Å². The van der Waals surface area contributed by atoms with E-state index >= 15 is 0 Å². The molecular weight excluding hydrogens is 409 g/mol. The molecule has 1 saturated carbocycles. The highest BCUT2D eigenvalue weighted by molar-refractivity contribution is 7.89. The van der Waals surface area contributed by atoms with Gasteiger partial charge in [-0.2, -0.15) is 17.5 Å². The lowest BCUT2D eigenvalue weighted by Gasteiger charge is -2.21. The van der Waals surface area contributed by atoms with Gasteiger partial charge in [-0.1, -0.05) is 19.8 Å². The van der Waals surface area contributed by atoms with Crippen molar-refractivity contribution >= 4 is 21.6 Å². The molecule has 1 heterocycles. The summed E-state index contributed by atoms with van der Waals surface area (Å²) in [4.78, 5) is 12.2. The van der Waals surface area contributed by atoms with Crippen LogP contribution in [0.25, 0.3) is 0 Å². The first-order chi connectivity index (χ1) is 13.6. The molecule has 2 aliphatic rings. The molecule has 1 aliphatic heterocycles. The van der Waals surface area contributed by atoms with E-state index in [1.165, 1.54) is 22.5 Å². The minimum atomic E-state index is -4.55. The molecule has 162 valence electrons. The van der Waals surface area contributed by atoms with Crippen LogP contribution in [0, 0.1) is 11.8 Å². The van der Waals surface area contributed by atoms with Gasteiger partial charge >= 0.3 is 6.18 Å². The monoisotopic (exact) mass is 434 g/mol. The summed E-state index contributed by atoms with van der Waals surface area (Å²) in [5.74, 6) is -0.590. The van der Waals surface area contributed by atoms with Crippen LogP contribution in [-0.4, -0.2) is 44.5 Å². The number of ether oxygens (including phenoxy) is 1. The minimum Gasteiger partial charge on any atom is -0.482 e. The van der Waals surface area contributed by atoms with E-state index in [-0.39, 0.29) is 34.1 Å². The number of carbonyl (C=O) groups is 1. The molecule has 29 heavy (non-hydrogen) atoms. The maximum Gasteiger partial charge on any atom is 0.422 e. The van der Waals surface area contributed by atoms with Crippen molar-refractivity contribution in [2.24, 2.45) is 11.8 Å². The summed E-state index contributed by atoms with van der Waals surface area (Å²) in [6.45, 7) is 1.16. The number of alkyl halides is 3. The second-order valence-electron chi connectivity index (χ2n) is 7.69. The van der Waals surface area contributed by atoms with Crippen molar-refractivity contribution in [2.45, 2.75) is 50.1 Å². The van der Waals surface area contributed by atoms with E-state index in [9.17, 15) is 26.4 Å². The smallest absolute Gasteiger partial charge is 0.422 e. The molecule has 1 aromatic rings. The van der Waals surface area contributed by atoms with E-state index in [1.54, 1.807) is 0 Å². The number of halogens is 3. The molecule has 0 unspecified atom stereocenters. The van der Waals surface area contributed by atoms with Gasteiger partial charge in [-0.05, 0) is 43.4 Å². The van der Waals surface area contributed by atoms with Crippen LogP contribution < -0.4 is 10.1 Å². The number of rotatable bonds is 6. The van der Waals surface area contributed by atoms with Crippen LogP contribution in [0.5, 0.6) is 5.75 Å². The van der Waals surface area contributed by atoms with Gasteiger partial charge in [-0.25, -0.2) is 8.42 Å². The van der Waals surface area contributed by atoms with Gasteiger partial charge in [-0.15, -0.1) is 0 Å². The Labute approximate surface area is 168 Å². The van der Waals surface area contributed by atoms with Crippen molar-refractivity contribution in [2.75, 3.05) is 25.0 Å². The fourth-order valence-electron chi connectivity index (χ4n) is 3.40. The Balaban J connectivity index is 1.87.